The summed E-state index contributed by atoms with van der Waals surface area (Å²) in [5.41, 5.74) is 13.8. The zero-order valence-corrected chi connectivity index (χ0v) is 34.5. The Morgan fingerprint density at radius 1 is 0.617 bits per heavy atom. The monoisotopic (exact) mass is 950 g/mol. The van der Waals surface area contributed by atoms with Crippen LogP contribution < -0.4 is 30.9 Å². The zero-order chi connectivity index (χ0) is 38.8. The van der Waals surface area contributed by atoms with E-state index in [1.165, 1.54) is 60.0 Å². The van der Waals surface area contributed by atoms with Crippen LogP contribution in [0.4, 0.5) is 22.9 Å². The fraction of sp³-hybridized carbons (Fsp3) is 0.0196. The van der Waals surface area contributed by atoms with Crippen LogP contribution in [0.5, 0.6) is 11.5 Å². The van der Waals surface area contributed by atoms with Crippen molar-refractivity contribution >= 4 is 89.6 Å². The molecule has 0 amide bonds. The first-order valence-electron chi connectivity index (χ1n) is 19.9. The molecule has 60 heavy (non-hydrogen) atoms. The molecule has 0 aliphatic carbocycles. The predicted molar refractivity (Wildman–Crippen MR) is 240 cm³/mol. The van der Waals surface area contributed by atoms with Gasteiger partial charge in [0, 0.05) is 88.4 Å². The molecule has 0 saturated carbocycles. The van der Waals surface area contributed by atoms with E-state index in [4.69, 9.17) is 9.72 Å². The van der Waals surface area contributed by atoms with Gasteiger partial charge in [-0.25, -0.2) is 4.98 Å². The Kier molecular flexibility index (Phi) is 7.72. The third-order valence-corrected chi connectivity index (χ3v) is 12.1. The third-order valence-electron chi connectivity index (χ3n) is 12.1. The molecule has 0 atom stereocenters. The Morgan fingerprint density at radius 2 is 1.22 bits per heavy atom. The Balaban J connectivity index is 0.00000388. The number of ether oxygens (including phenoxy) is 1. The van der Waals surface area contributed by atoms with Crippen molar-refractivity contribution in [3.8, 4) is 22.9 Å². The van der Waals surface area contributed by atoms with Crippen LogP contribution in [-0.4, -0.2) is 32.8 Å². The van der Waals surface area contributed by atoms with Gasteiger partial charge in [0.05, 0.1) is 11.0 Å². The van der Waals surface area contributed by atoms with Crippen molar-refractivity contribution in [2.24, 2.45) is 0 Å². The first-order chi connectivity index (χ1) is 29.2. The predicted octanol–water partition coefficient (Wildman–Crippen LogP) is 9.62. The fourth-order valence-electron chi connectivity index (χ4n) is 9.80. The van der Waals surface area contributed by atoms with Crippen LogP contribution in [0.3, 0.4) is 0 Å². The zero-order valence-electron chi connectivity index (χ0n) is 32.2. The molecule has 0 fully saturated rings. The summed E-state index contributed by atoms with van der Waals surface area (Å²) in [5.74, 6) is 1.95. The average molecular weight is 951 g/mol. The number of nitrogens with zero attached hydrogens (tertiary/aromatic N) is 6. The van der Waals surface area contributed by atoms with Crippen LogP contribution in [-0.2, 0) is 21.1 Å². The maximum Gasteiger partial charge on any atom is 0.252 e. The van der Waals surface area contributed by atoms with Gasteiger partial charge < -0.3 is 28.6 Å². The van der Waals surface area contributed by atoms with Gasteiger partial charge >= 0.3 is 0 Å². The van der Waals surface area contributed by atoms with Gasteiger partial charge in [-0.2, -0.15) is 18.8 Å². The van der Waals surface area contributed by atoms with E-state index in [0.717, 1.165) is 34.3 Å². The number of hydrogen-bond acceptors (Lipinski definition) is 5. The summed E-state index contributed by atoms with van der Waals surface area (Å²) in [6, 6.07) is 61.1. The molecule has 6 heterocycles. The standard InChI is InChI=1S/C51H32BN6O.Pt/c1-54-26-27-55(32-54)33-12-8-14-36(28-33)59-37-15-9-13-34(29-37)56(48-24-6-7-25-53-48)35-30-46-49-47(31-35)58-45-23-5-3-17-39(45)41-19-11-21-43(51(41)58)52(49)42-20-10-18-40-38-16-2-4-22-44(38)57(46)50(40)42;/h2-27,30-32H,1H3;/q-3;. The minimum absolute atomic E-state index is 0. The Morgan fingerprint density at radius 3 is 1.85 bits per heavy atom. The van der Waals surface area contributed by atoms with Crippen LogP contribution in [0.15, 0.2) is 170 Å². The summed E-state index contributed by atoms with van der Waals surface area (Å²) in [5, 5.41) is 5.02. The van der Waals surface area contributed by atoms with E-state index >= 15 is 0 Å². The molecular weight excluding hydrogens is 918 g/mol. The van der Waals surface area contributed by atoms with Gasteiger partial charge in [-0.3, -0.25) is 0 Å². The number of fused-ring (bicyclic) bond motifs is 10. The number of para-hydroxylation sites is 4. The number of aromatic nitrogens is 3. The van der Waals surface area contributed by atoms with E-state index in [2.05, 4.69) is 135 Å². The Labute approximate surface area is 361 Å². The van der Waals surface area contributed by atoms with Crippen molar-refractivity contribution in [3.63, 3.8) is 0 Å². The van der Waals surface area contributed by atoms with Crippen molar-refractivity contribution in [2.75, 3.05) is 16.8 Å². The second kappa shape index (κ2) is 13.3. The van der Waals surface area contributed by atoms with Crippen LogP contribution in [0, 0.1) is 18.8 Å². The molecule has 9 heteroatoms. The van der Waals surface area contributed by atoms with Crippen molar-refractivity contribution in [3.05, 3.63) is 189 Å². The minimum Gasteiger partial charge on any atom is -0.510 e. The van der Waals surface area contributed by atoms with Gasteiger partial charge in [0.25, 0.3) is 6.71 Å². The molecule has 3 aromatic heterocycles. The Bertz CT molecular complexity index is 3270. The normalized spacial score (nSPS) is 13.4. The number of anilines is 4. The number of benzene rings is 7. The fourth-order valence-corrected chi connectivity index (χ4v) is 9.80. The summed E-state index contributed by atoms with van der Waals surface area (Å²) in [6.07, 6.45) is 5.85. The van der Waals surface area contributed by atoms with Gasteiger partial charge in [0.15, 0.2) is 0 Å². The molecule has 7 aromatic carbocycles. The Hall–Kier alpha value is -7.02. The van der Waals surface area contributed by atoms with E-state index in [-0.39, 0.29) is 27.8 Å². The van der Waals surface area contributed by atoms with Crippen LogP contribution >= 0.6 is 0 Å². The van der Waals surface area contributed by atoms with Crippen molar-refractivity contribution < 1.29 is 25.8 Å². The van der Waals surface area contributed by atoms with E-state index in [1.54, 1.807) is 0 Å². The molecule has 10 aromatic rings. The molecule has 3 aliphatic heterocycles. The maximum absolute atomic E-state index is 6.51. The van der Waals surface area contributed by atoms with Gasteiger partial charge in [0.1, 0.15) is 5.82 Å². The van der Waals surface area contributed by atoms with Gasteiger partial charge in [-0.1, -0.05) is 84.6 Å². The summed E-state index contributed by atoms with van der Waals surface area (Å²) >= 11 is 0. The van der Waals surface area contributed by atoms with Crippen molar-refractivity contribution in [1.29, 1.82) is 0 Å². The molecule has 0 radical (unpaired) electrons. The first-order valence-corrected chi connectivity index (χ1v) is 19.9. The van der Waals surface area contributed by atoms with Crippen LogP contribution in [0.2, 0.25) is 0 Å². The molecule has 13 rings (SSSR count). The second-order valence-corrected chi connectivity index (χ2v) is 15.4. The molecule has 0 unspecified atom stereocenters. The third kappa shape index (κ3) is 4.98. The molecule has 0 N–H and O–H groups in total. The SMILES string of the molecule is CN1C=CN(c2[c-]c(Oc3[c-]c(N(c4cc5c6c(c4)-n4c7ccccc7c7cccc(c74)B6c4cccc6c7ccccc7n-5c46)c4ccccn4)ccc3)ccc2)[CH-]1.[Pt]. The molecule has 0 spiro atoms. The summed E-state index contributed by atoms with van der Waals surface area (Å²) in [4.78, 5) is 11.2. The van der Waals surface area contributed by atoms with Gasteiger partial charge in [0.2, 0.25) is 0 Å². The number of hydrogen-bond donors (Lipinski definition) is 0. The smallest absolute Gasteiger partial charge is 0.252 e. The van der Waals surface area contributed by atoms with Gasteiger partial charge in [-0.15, -0.1) is 42.1 Å². The largest absolute Gasteiger partial charge is 0.510 e. The first kappa shape index (κ1) is 35.0. The summed E-state index contributed by atoms with van der Waals surface area (Å²) in [6.45, 7) is 2.05. The van der Waals surface area contributed by atoms with E-state index in [0.29, 0.717) is 11.5 Å². The summed E-state index contributed by atoms with van der Waals surface area (Å²) in [7, 11) is 2.00. The topological polar surface area (TPSA) is 41.7 Å². The maximum atomic E-state index is 6.51. The van der Waals surface area contributed by atoms with Crippen molar-refractivity contribution in [2.45, 2.75) is 0 Å². The van der Waals surface area contributed by atoms with Crippen LogP contribution in [0.1, 0.15) is 0 Å². The molecule has 0 bridgehead atoms. The average Bonchev–Trinajstić information content (AvgIpc) is 3.98. The van der Waals surface area contributed by atoms with E-state index in [9.17, 15) is 0 Å². The molecule has 3 aliphatic rings. The quantitative estimate of drug-likeness (QED) is 0.123. The molecular formula is C51H32BN6OPt-3. The van der Waals surface area contributed by atoms with Gasteiger partial charge in [-0.05, 0) is 72.2 Å². The number of rotatable bonds is 6. The summed E-state index contributed by atoms with van der Waals surface area (Å²) < 4.78 is 11.5. The number of pyridine rings is 1. The van der Waals surface area contributed by atoms with Crippen LogP contribution in [0.25, 0.3) is 55.0 Å². The second-order valence-electron chi connectivity index (χ2n) is 15.4. The molecule has 288 valence electrons. The van der Waals surface area contributed by atoms with Crippen molar-refractivity contribution in [1.82, 2.24) is 19.0 Å². The van der Waals surface area contributed by atoms with E-state index in [1.807, 2.05) is 84.6 Å². The molecule has 7 nitrogen and oxygen atoms in total. The van der Waals surface area contributed by atoms with E-state index < -0.39 is 0 Å². The molecule has 0 saturated heterocycles. The minimum atomic E-state index is 0.